The van der Waals surface area contributed by atoms with Gasteiger partial charge in [-0.2, -0.15) is 0 Å². The van der Waals surface area contributed by atoms with Gasteiger partial charge in [-0.15, -0.1) is 0 Å². The Bertz CT molecular complexity index is 1150. The first-order valence-corrected chi connectivity index (χ1v) is 9.13. The van der Waals surface area contributed by atoms with E-state index >= 15 is 0 Å². The van der Waals surface area contributed by atoms with Gasteiger partial charge >= 0.3 is 0 Å². The zero-order chi connectivity index (χ0) is 18.9. The minimum absolute atomic E-state index is 0.447. The summed E-state index contributed by atoms with van der Waals surface area (Å²) >= 11 is 0. The number of nitrogens with zero attached hydrogens (tertiary/aromatic N) is 4. The third-order valence-corrected chi connectivity index (χ3v) is 5.39. The van der Waals surface area contributed by atoms with E-state index in [-0.39, 0.29) is 0 Å². The molecule has 5 rings (SSSR count). The van der Waals surface area contributed by atoms with Gasteiger partial charge in [-0.3, -0.25) is 0 Å². The van der Waals surface area contributed by atoms with E-state index in [4.69, 9.17) is 19.9 Å². The lowest BCUT2D eigenvalue weighted by Crippen LogP contribution is -2.11. The van der Waals surface area contributed by atoms with Crippen molar-refractivity contribution in [1.29, 1.82) is 0 Å². The fourth-order valence-electron chi connectivity index (χ4n) is 3.94. The lowest BCUT2D eigenvalue weighted by molar-refractivity contribution is 0.393. The van der Waals surface area contributed by atoms with Crippen LogP contribution in [0.25, 0.3) is 33.3 Å². The van der Waals surface area contributed by atoms with Crippen LogP contribution in [0.1, 0.15) is 47.5 Å². The molecule has 1 fully saturated rings. The second-order valence-corrected chi connectivity index (χ2v) is 7.40. The number of hydrogen-bond acceptors (Lipinski definition) is 6. The molecule has 2 N–H and O–H groups in total. The average Bonchev–Trinajstić information content (AvgIpc) is 3.25. The van der Waals surface area contributed by atoms with Crippen molar-refractivity contribution in [3.63, 3.8) is 0 Å². The third kappa shape index (κ3) is 2.31. The number of hydrogen-bond donors (Lipinski definition) is 1. The molecule has 1 aliphatic rings. The monoisotopic (exact) mass is 363 g/mol. The van der Waals surface area contributed by atoms with E-state index in [0.717, 1.165) is 74.9 Å². The summed E-state index contributed by atoms with van der Waals surface area (Å²) in [6.07, 6.45) is 2.27. The predicted octanol–water partition coefficient (Wildman–Crippen LogP) is 4.17. The van der Waals surface area contributed by atoms with E-state index in [0.29, 0.717) is 5.92 Å². The third-order valence-electron chi connectivity index (χ3n) is 5.39. The fraction of sp³-hybridized carbons (Fsp3) is 0.350. The summed E-state index contributed by atoms with van der Waals surface area (Å²) in [6, 6.07) is 4.19. The number of nitrogen functional groups attached to an aromatic ring is 1. The van der Waals surface area contributed by atoms with Gasteiger partial charge in [-0.05, 0) is 58.2 Å². The van der Waals surface area contributed by atoms with Gasteiger partial charge in [0, 0.05) is 22.6 Å². The summed E-state index contributed by atoms with van der Waals surface area (Å²) in [4.78, 5) is 4.91. The second kappa shape index (κ2) is 5.45. The molecule has 0 spiro atoms. The Morgan fingerprint density at radius 2 is 1.59 bits per heavy atom. The molecule has 27 heavy (non-hydrogen) atoms. The quantitative estimate of drug-likeness (QED) is 0.549. The van der Waals surface area contributed by atoms with Gasteiger partial charge in [0.15, 0.2) is 0 Å². The predicted molar refractivity (Wildman–Crippen MR) is 102 cm³/mol. The maximum atomic E-state index is 6.45. The highest BCUT2D eigenvalue weighted by atomic mass is 16.5. The lowest BCUT2D eigenvalue weighted by atomic mass is 9.96. The van der Waals surface area contributed by atoms with Crippen molar-refractivity contribution in [2.45, 2.75) is 46.5 Å². The normalized spacial score (nSPS) is 14.4. The molecule has 0 amide bonds. The largest absolute Gasteiger partial charge is 0.361 e. The molecule has 138 valence electrons. The van der Waals surface area contributed by atoms with Gasteiger partial charge in [0.05, 0.1) is 22.4 Å². The number of benzene rings is 1. The molecule has 7 heteroatoms. The summed E-state index contributed by atoms with van der Waals surface area (Å²) in [5.41, 5.74) is 7.39. The van der Waals surface area contributed by atoms with Crippen LogP contribution in [-0.2, 0) is 0 Å². The Kier molecular flexibility index (Phi) is 3.25. The number of nitrogens with two attached hydrogens (primary N) is 1. The van der Waals surface area contributed by atoms with E-state index in [9.17, 15) is 0 Å². The van der Waals surface area contributed by atoms with Crippen LogP contribution < -0.4 is 5.84 Å². The molecule has 1 aromatic carbocycles. The zero-order valence-electron chi connectivity index (χ0n) is 15.8. The van der Waals surface area contributed by atoms with Gasteiger partial charge in [-0.1, -0.05) is 10.3 Å². The topological polar surface area (TPSA) is 95.9 Å². The number of imidazole rings is 1. The SMILES string of the molecule is Cc1noc(C)c1-c1cc(-c2c(C)noc2C)c2nc(C3CC3)n(N)c2c1. The second-order valence-electron chi connectivity index (χ2n) is 7.40. The Balaban J connectivity index is 1.88. The summed E-state index contributed by atoms with van der Waals surface area (Å²) in [5.74, 6) is 9.39. The van der Waals surface area contributed by atoms with Gasteiger partial charge in [0.2, 0.25) is 0 Å². The van der Waals surface area contributed by atoms with Crippen LogP contribution in [0.15, 0.2) is 21.2 Å². The van der Waals surface area contributed by atoms with Crippen LogP contribution in [0.3, 0.4) is 0 Å². The molecular formula is C20H21N5O2. The molecule has 4 aromatic rings. The van der Waals surface area contributed by atoms with Gasteiger partial charge in [0.25, 0.3) is 0 Å². The van der Waals surface area contributed by atoms with E-state index in [2.05, 4.69) is 22.4 Å². The van der Waals surface area contributed by atoms with Gasteiger partial charge in [0.1, 0.15) is 17.3 Å². The van der Waals surface area contributed by atoms with Crippen molar-refractivity contribution in [1.82, 2.24) is 20.0 Å². The molecule has 0 saturated heterocycles. The molecule has 7 nitrogen and oxygen atoms in total. The smallest absolute Gasteiger partial charge is 0.141 e. The van der Waals surface area contributed by atoms with Crippen molar-refractivity contribution in [3.8, 4) is 22.3 Å². The highest BCUT2D eigenvalue weighted by Crippen LogP contribution is 2.43. The van der Waals surface area contributed by atoms with Crippen molar-refractivity contribution < 1.29 is 9.05 Å². The first-order chi connectivity index (χ1) is 13.0. The number of rotatable bonds is 3. The van der Waals surface area contributed by atoms with Crippen molar-refractivity contribution in [2.75, 3.05) is 5.84 Å². The average molecular weight is 363 g/mol. The summed E-state index contributed by atoms with van der Waals surface area (Å²) in [5, 5.41) is 8.24. The van der Waals surface area contributed by atoms with Crippen molar-refractivity contribution in [2.24, 2.45) is 0 Å². The maximum Gasteiger partial charge on any atom is 0.141 e. The highest BCUT2D eigenvalue weighted by Gasteiger charge is 2.31. The number of aromatic nitrogens is 4. The lowest BCUT2D eigenvalue weighted by Gasteiger charge is -2.08. The van der Waals surface area contributed by atoms with E-state index in [1.54, 1.807) is 4.68 Å². The molecule has 0 atom stereocenters. The summed E-state index contributed by atoms with van der Waals surface area (Å²) in [7, 11) is 0. The molecule has 3 aromatic heterocycles. The molecular weight excluding hydrogens is 342 g/mol. The molecule has 0 bridgehead atoms. The van der Waals surface area contributed by atoms with E-state index in [1.807, 2.05) is 27.7 Å². The Labute approximate surface area is 156 Å². The van der Waals surface area contributed by atoms with Crippen LogP contribution in [0.4, 0.5) is 0 Å². The van der Waals surface area contributed by atoms with Crippen molar-refractivity contribution >= 4 is 11.0 Å². The van der Waals surface area contributed by atoms with Crippen LogP contribution in [0.2, 0.25) is 0 Å². The molecule has 1 saturated carbocycles. The Morgan fingerprint density at radius 1 is 0.963 bits per heavy atom. The highest BCUT2D eigenvalue weighted by molar-refractivity contribution is 5.98. The Hall–Kier alpha value is -3.09. The summed E-state index contributed by atoms with van der Waals surface area (Å²) < 4.78 is 12.5. The molecule has 0 aliphatic heterocycles. The van der Waals surface area contributed by atoms with Crippen LogP contribution >= 0.6 is 0 Å². The Morgan fingerprint density at radius 3 is 2.15 bits per heavy atom. The van der Waals surface area contributed by atoms with Gasteiger partial charge in [-0.25, -0.2) is 9.66 Å². The first-order valence-electron chi connectivity index (χ1n) is 9.13. The number of fused-ring (bicyclic) bond motifs is 1. The minimum Gasteiger partial charge on any atom is -0.361 e. The van der Waals surface area contributed by atoms with Crippen LogP contribution in [-0.4, -0.2) is 20.0 Å². The molecule has 0 radical (unpaired) electrons. The standard InChI is InChI=1S/C20H21N5O2/c1-9-17(11(3)26-23-9)14-7-15(18-10(2)24-27-12(18)4)19-16(8-14)25(21)20(22-19)13-5-6-13/h7-8,13H,5-6,21H2,1-4H3. The van der Waals surface area contributed by atoms with E-state index < -0.39 is 0 Å². The fourth-order valence-corrected chi connectivity index (χ4v) is 3.94. The van der Waals surface area contributed by atoms with E-state index in [1.165, 1.54) is 0 Å². The first kappa shape index (κ1) is 16.1. The minimum atomic E-state index is 0.447. The van der Waals surface area contributed by atoms with Crippen LogP contribution in [0.5, 0.6) is 0 Å². The number of aryl methyl sites for hydroxylation is 4. The molecule has 0 unspecified atom stereocenters. The molecule has 1 aliphatic carbocycles. The van der Waals surface area contributed by atoms with Gasteiger partial charge < -0.3 is 14.9 Å². The zero-order valence-corrected chi connectivity index (χ0v) is 15.8. The summed E-state index contributed by atoms with van der Waals surface area (Å²) in [6.45, 7) is 7.73. The molecule has 3 heterocycles. The maximum absolute atomic E-state index is 6.45. The van der Waals surface area contributed by atoms with Crippen LogP contribution in [0, 0.1) is 27.7 Å². The van der Waals surface area contributed by atoms with Crippen molar-refractivity contribution in [3.05, 3.63) is 40.9 Å².